The lowest BCUT2D eigenvalue weighted by Gasteiger charge is -2.33. The average Bonchev–Trinajstić information content (AvgIpc) is 2.64. The molecule has 1 N–H and O–H groups in total. The van der Waals surface area contributed by atoms with Crippen molar-refractivity contribution in [2.24, 2.45) is 0 Å². The third-order valence-electron chi connectivity index (χ3n) is 4.05. The van der Waals surface area contributed by atoms with Crippen LogP contribution in [0.25, 0.3) is 0 Å². The van der Waals surface area contributed by atoms with E-state index < -0.39 is 5.91 Å². The van der Waals surface area contributed by atoms with Crippen molar-refractivity contribution in [2.45, 2.75) is 6.92 Å². The maximum Gasteiger partial charge on any atom is 0.274 e. The Morgan fingerprint density at radius 2 is 1.81 bits per heavy atom. The van der Waals surface area contributed by atoms with Gasteiger partial charge in [-0.3, -0.25) is 9.59 Å². The van der Waals surface area contributed by atoms with Crippen LogP contribution in [0.2, 0.25) is 10.0 Å². The van der Waals surface area contributed by atoms with Gasteiger partial charge < -0.3 is 15.1 Å². The van der Waals surface area contributed by atoms with Crippen molar-refractivity contribution in [1.29, 1.82) is 0 Å². The minimum atomic E-state index is -0.418. The van der Waals surface area contributed by atoms with Gasteiger partial charge in [0.15, 0.2) is 0 Å². The van der Waals surface area contributed by atoms with Crippen LogP contribution in [0, 0.1) is 6.92 Å². The minimum Gasteiger partial charge on any atom is -0.353 e. The molecule has 0 bridgehead atoms. The molecule has 0 unspecified atom stereocenters. The summed E-state index contributed by atoms with van der Waals surface area (Å²) in [5.41, 5.74) is 0.569. The molecule has 0 atom stereocenters. The highest BCUT2D eigenvalue weighted by atomic mass is 35.5. The lowest BCUT2D eigenvalue weighted by molar-refractivity contribution is -0.118. The Balaban J connectivity index is 1.81. The minimum absolute atomic E-state index is 0.223. The van der Waals surface area contributed by atoms with E-state index in [1.165, 1.54) is 0 Å². The van der Waals surface area contributed by atoms with Crippen LogP contribution in [0.3, 0.4) is 0 Å². The second-order valence-electron chi connectivity index (χ2n) is 5.84. The first-order valence-electron chi connectivity index (χ1n) is 8.03. The van der Waals surface area contributed by atoms with Crippen LogP contribution < -0.4 is 10.2 Å². The maximum atomic E-state index is 12.6. The predicted octanol–water partition coefficient (Wildman–Crippen LogP) is 2.62. The van der Waals surface area contributed by atoms with Crippen LogP contribution in [-0.2, 0) is 4.79 Å². The Morgan fingerprint density at radius 1 is 1.15 bits per heavy atom. The fourth-order valence-electron chi connectivity index (χ4n) is 2.68. The largest absolute Gasteiger partial charge is 0.353 e. The molecule has 1 saturated heterocycles. The molecule has 0 spiro atoms. The number of nitrogens with zero attached hydrogens (tertiary/aromatic N) is 4. The van der Waals surface area contributed by atoms with Gasteiger partial charge in [0.25, 0.3) is 5.91 Å². The lowest BCUT2D eigenvalue weighted by atomic mass is 10.2. The SMILES string of the molecule is Cc1nc(C(=O)Nc2c(Cl)cccc2Cl)cc(N2CCN(C=O)CC2)n1. The molecule has 1 aromatic carbocycles. The van der Waals surface area contributed by atoms with E-state index in [0.717, 1.165) is 6.41 Å². The zero-order valence-electron chi connectivity index (χ0n) is 14.1. The number of aryl methyl sites for hydroxylation is 1. The summed E-state index contributed by atoms with van der Waals surface area (Å²) < 4.78 is 0. The number of carbonyl (C=O) groups is 2. The molecule has 0 radical (unpaired) electrons. The van der Waals surface area contributed by atoms with Gasteiger partial charge in [-0.05, 0) is 19.1 Å². The van der Waals surface area contributed by atoms with E-state index in [4.69, 9.17) is 23.2 Å². The zero-order chi connectivity index (χ0) is 18.7. The molecular weight excluding hydrogens is 377 g/mol. The molecule has 1 aliphatic rings. The second-order valence-corrected chi connectivity index (χ2v) is 6.65. The summed E-state index contributed by atoms with van der Waals surface area (Å²) in [4.78, 5) is 35.8. The lowest BCUT2D eigenvalue weighted by Crippen LogP contribution is -2.46. The molecule has 0 aliphatic carbocycles. The third-order valence-corrected chi connectivity index (χ3v) is 4.68. The summed E-state index contributed by atoms with van der Waals surface area (Å²) in [5, 5.41) is 3.40. The standard InChI is InChI=1S/C17H17Cl2N5O2/c1-11-20-14(17(26)22-16-12(18)3-2-4-13(16)19)9-15(21-11)24-7-5-23(10-25)6-8-24/h2-4,9-10H,5-8H2,1H3,(H,22,26). The summed E-state index contributed by atoms with van der Waals surface area (Å²) in [6, 6.07) is 6.62. The predicted molar refractivity (Wildman–Crippen MR) is 101 cm³/mol. The zero-order valence-corrected chi connectivity index (χ0v) is 15.6. The molecule has 0 saturated carbocycles. The number of amides is 2. The molecular formula is C17H17Cl2N5O2. The quantitative estimate of drug-likeness (QED) is 0.807. The van der Waals surface area contributed by atoms with Crippen molar-refractivity contribution in [3.8, 4) is 0 Å². The molecule has 136 valence electrons. The number of anilines is 2. The number of nitrogens with one attached hydrogen (secondary N) is 1. The monoisotopic (exact) mass is 393 g/mol. The molecule has 1 aliphatic heterocycles. The highest BCUT2D eigenvalue weighted by Gasteiger charge is 2.20. The van der Waals surface area contributed by atoms with Gasteiger partial charge in [0, 0.05) is 32.2 Å². The van der Waals surface area contributed by atoms with Gasteiger partial charge in [0.2, 0.25) is 6.41 Å². The van der Waals surface area contributed by atoms with Crippen LogP contribution in [0.5, 0.6) is 0 Å². The van der Waals surface area contributed by atoms with Crippen LogP contribution in [0.15, 0.2) is 24.3 Å². The number of hydrogen-bond donors (Lipinski definition) is 1. The van der Waals surface area contributed by atoms with Gasteiger partial charge in [-0.1, -0.05) is 29.3 Å². The number of halogens is 2. The first-order valence-corrected chi connectivity index (χ1v) is 8.79. The van der Waals surface area contributed by atoms with Crippen LogP contribution >= 0.6 is 23.2 Å². The van der Waals surface area contributed by atoms with Crippen LogP contribution in [0.1, 0.15) is 16.3 Å². The van der Waals surface area contributed by atoms with Gasteiger partial charge in [0.1, 0.15) is 17.3 Å². The maximum absolute atomic E-state index is 12.6. The Bertz CT molecular complexity index is 818. The fraction of sp³-hybridized carbons (Fsp3) is 0.294. The van der Waals surface area contributed by atoms with Gasteiger partial charge in [-0.2, -0.15) is 0 Å². The molecule has 3 rings (SSSR count). The van der Waals surface area contributed by atoms with Gasteiger partial charge in [0.05, 0.1) is 15.7 Å². The number of rotatable bonds is 4. The topological polar surface area (TPSA) is 78.4 Å². The molecule has 1 aromatic heterocycles. The van der Waals surface area contributed by atoms with Crippen LogP contribution in [0.4, 0.5) is 11.5 Å². The van der Waals surface area contributed by atoms with Crippen molar-refractivity contribution in [3.63, 3.8) is 0 Å². The molecule has 1 fully saturated rings. The van der Waals surface area contributed by atoms with E-state index in [9.17, 15) is 9.59 Å². The molecule has 7 nitrogen and oxygen atoms in total. The summed E-state index contributed by atoms with van der Waals surface area (Å²) in [6.45, 7) is 4.25. The Labute approximate surface area is 160 Å². The van der Waals surface area contributed by atoms with Crippen molar-refractivity contribution < 1.29 is 9.59 Å². The number of piperazine rings is 1. The smallest absolute Gasteiger partial charge is 0.274 e. The number of benzene rings is 1. The summed E-state index contributed by atoms with van der Waals surface area (Å²) in [5.74, 6) is 0.715. The first kappa shape index (κ1) is 18.4. The van der Waals surface area contributed by atoms with Crippen molar-refractivity contribution >= 4 is 47.0 Å². The van der Waals surface area contributed by atoms with E-state index in [2.05, 4.69) is 15.3 Å². The number of para-hydroxylation sites is 1. The van der Waals surface area contributed by atoms with Gasteiger partial charge in [-0.25, -0.2) is 9.97 Å². The van der Waals surface area contributed by atoms with Gasteiger partial charge >= 0.3 is 0 Å². The van der Waals surface area contributed by atoms with Crippen molar-refractivity contribution in [1.82, 2.24) is 14.9 Å². The number of hydrogen-bond acceptors (Lipinski definition) is 5. The summed E-state index contributed by atoms with van der Waals surface area (Å²) in [6.07, 6.45) is 0.842. The summed E-state index contributed by atoms with van der Waals surface area (Å²) >= 11 is 12.2. The Hall–Kier alpha value is -2.38. The van der Waals surface area contributed by atoms with E-state index >= 15 is 0 Å². The van der Waals surface area contributed by atoms with E-state index in [1.807, 2.05) is 4.90 Å². The fourth-order valence-corrected chi connectivity index (χ4v) is 3.17. The number of carbonyl (C=O) groups excluding carboxylic acids is 2. The Morgan fingerprint density at radius 3 is 2.42 bits per heavy atom. The van der Waals surface area contributed by atoms with E-state index in [0.29, 0.717) is 53.6 Å². The van der Waals surface area contributed by atoms with E-state index in [1.54, 1.807) is 36.1 Å². The normalized spacial score (nSPS) is 14.3. The molecule has 2 aromatic rings. The molecule has 2 amide bonds. The highest BCUT2D eigenvalue weighted by Crippen LogP contribution is 2.30. The number of aromatic nitrogens is 2. The average molecular weight is 394 g/mol. The highest BCUT2D eigenvalue weighted by molar-refractivity contribution is 6.40. The van der Waals surface area contributed by atoms with Crippen molar-refractivity contribution in [3.05, 3.63) is 45.8 Å². The Kier molecular flexibility index (Phi) is 5.58. The first-order chi connectivity index (χ1) is 12.5. The third kappa shape index (κ3) is 4.05. The van der Waals surface area contributed by atoms with Crippen molar-refractivity contribution in [2.75, 3.05) is 36.4 Å². The second kappa shape index (κ2) is 7.88. The van der Waals surface area contributed by atoms with Gasteiger partial charge in [-0.15, -0.1) is 0 Å². The molecule has 9 heteroatoms. The summed E-state index contributed by atoms with van der Waals surface area (Å²) in [7, 11) is 0. The molecule has 26 heavy (non-hydrogen) atoms. The molecule has 2 heterocycles. The van der Waals surface area contributed by atoms with Crippen LogP contribution in [-0.4, -0.2) is 53.4 Å². The van der Waals surface area contributed by atoms with E-state index in [-0.39, 0.29) is 5.69 Å².